The summed E-state index contributed by atoms with van der Waals surface area (Å²) in [4.78, 5) is 11.7. The van der Waals surface area contributed by atoms with Crippen LogP contribution in [0.4, 0.5) is 0 Å². The Morgan fingerprint density at radius 2 is 1.93 bits per heavy atom. The van der Waals surface area contributed by atoms with Gasteiger partial charge in [-0.05, 0) is 32.6 Å². The quantitative estimate of drug-likeness (QED) is 0.654. The van der Waals surface area contributed by atoms with E-state index in [0.717, 1.165) is 6.42 Å². The van der Waals surface area contributed by atoms with Crippen LogP contribution in [0.3, 0.4) is 0 Å². The van der Waals surface area contributed by atoms with E-state index in [1.807, 2.05) is 34.6 Å². The molecule has 2 N–H and O–H groups in total. The molecule has 1 rings (SSSR count). The molecule has 0 heterocycles. The van der Waals surface area contributed by atoms with Crippen LogP contribution in [0.25, 0.3) is 0 Å². The Morgan fingerprint density at radius 3 is 2.21 bits per heavy atom. The molecule has 2 atom stereocenters. The normalized spacial score (nSPS) is 30.7. The summed E-state index contributed by atoms with van der Waals surface area (Å²) in [7, 11) is 0. The lowest BCUT2D eigenvalue weighted by Gasteiger charge is -2.49. The van der Waals surface area contributed by atoms with E-state index in [4.69, 9.17) is 10.5 Å². The summed E-state index contributed by atoms with van der Waals surface area (Å²) in [5.74, 6) is -0.138. The fourth-order valence-electron chi connectivity index (χ4n) is 1.73. The number of rotatable bonds is 1. The van der Waals surface area contributed by atoms with Gasteiger partial charge in [-0.3, -0.25) is 4.79 Å². The Balaban J connectivity index is 2.57. The first-order chi connectivity index (χ1) is 6.14. The van der Waals surface area contributed by atoms with Crippen molar-refractivity contribution in [2.45, 2.75) is 52.7 Å². The van der Waals surface area contributed by atoms with Crippen LogP contribution in [-0.2, 0) is 9.53 Å². The maximum atomic E-state index is 11.7. The average molecular weight is 199 g/mol. The molecule has 0 aliphatic heterocycles. The maximum Gasteiger partial charge on any atom is 0.310 e. The predicted octanol–water partition coefficient (Wildman–Crippen LogP) is 1.70. The van der Waals surface area contributed by atoms with Crippen LogP contribution < -0.4 is 5.73 Å². The van der Waals surface area contributed by atoms with Gasteiger partial charge in [0, 0.05) is 6.04 Å². The van der Waals surface area contributed by atoms with Crippen LogP contribution in [0.5, 0.6) is 0 Å². The molecular formula is C11H21NO2. The van der Waals surface area contributed by atoms with E-state index < -0.39 is 5.60 Å². The summed E-state index contributed by atoms with van der Waals surface area (Å²) in [6.45, 7) is 9.70. The highest BCUT2D eigenvalue weighted by Crippen LogP contribution is 2.45. The molecule has 0 bridgehead atoms. The molecular weight excluding hydrogens is 178 g/mol. The van der Waals surface area contributed by atoms with Crippen LogP contribution in [0, 0.1) is 11.3 Å². The molecule has 0 amide bonds. The maximum absolute atomic E-state index is 11.7. The predicted molar refractivity (Wildman–Crippen MR) is 55.7 cm³/mol. The number of ether oxygens (including phenoxy) is 1. The molecule has 0 saturated heterocycles. The Labute approximate surface area is 86.0 Å². The largest absolute Gasteiger partial charge is 0.460 e. The van der Waals surface area contributed by atoms with Crippen molar-refractivity contribution in [2.24, 2.45) is 17.1 Å². The van der Waals surface area contributed by atoms with Crippen molar-refractivity contribution in [1.82, 2.24) is 0 Å². The van der Waals surface area contributed by atoms with Crippen molar-refractivity contribution in [1.29, 1.82) is 0 Å². The Kier molecular flexibility index (Phi) is 2.65. The molecule has 1 aliphatic carbocycles. The number of nitrogens with two attached hydrogens (primary N) is 1. The highest BCUT2D eigenvalue weighted by Gasteiger charge is 2.51. The van der Waals surface area contributed by atoms with E-state index in [2.05, 4.69) is 0 Å². The Bertz CT molecular complexity index is 240. The number of carbonyl (C=O) groups is 1. The highest BCUT2D eigenvalue weighted by atomic mass is 16.6. The summed E-state index contributed by atoms with van der Waals surface area (Å²) in [6.07, 6.45) is 0.752. The van der Waals surface area contributed by atoms with E-state index in [0.29, 0.717) is 0 Å². The summed E-state index contributed by atoms with van der Waals surface area (Å²) < 4.78 is 5.33. The van der Waals surface area contributed by atoms with Crippen molar-refractivity contribution in [3.05, 3.63) is 0 Å². The van der Waals surface area contributed by atoms with Gasteiger partial charge in [0.15, 0.2) is 0 Å². The van der Waals surface area contributed by atoms with Gasteiger partial charge in [-0.25, -0.2) is 0 Å². The van der Waals surface area contributed by atoms with Crippen molar-refractivity contribution < 1.29 is 9.53 Å². The molecule has 14 heavy (non-hydrogen) atoms. The van der Waals surface area contributed by atoms with Gasteiger partial charge >= 0.3 is 5.97 Å². The lowest BCUT2D eigenvalue weighted by atomic mass is 9.59. The monoisotopic (exact) mass is 199 g/mol. The first-order valence-corrected chi connectivity index (χ1v) is 5.13. The molecule has 1 aliphatic rings. The SMILES string of the molecule is CC(C)(C)OC(=O)[C@@H]1C[C@H](N)C1(C)C. The topological polar surface area (TPSA) is 52.3 Å². The zero-order valence-electron chi connectivity index (χ0n) is 9.76. The average Bonchev–Trinajstić information content (AvgIpc) is 1.96. The standard InChI is InChI=1S/C11H21NO2/c1-10(2,3)14-9(13)7-6-8(12)11(7,4)5/h7-8H,6,12H2,1-5H3/t7-,8-/m0/s1. The third kappa shape index (κ3) is 2.08. The minimum absolute atomic E-state index is 0.0308. The van der Waals surface area contributed by atoms with Crippen molar-refractivity contribution in [3.63, 3.8) is 0 Å². The zero-order chi connectivity index (χ0) is 11.1. The Morgan fingerprint density at radius 1 is 1.43 bits per heavy atom. The van der Waals surface area contributed by atoms with E-state index >= 15 is 0 Å². The van der Waals surface area contributed by atoms with Crippen LogP contribution in [0.2, 0.25) is 0 Å². The second-order valence-corrected chi connectivity index (χ2v) is 5.75. The highest BCUT2D eigenvalue weighted by molar-refractivity contribution is 5.75. The van der Waals surface area contributed by atoms with Crippen molar-refractivity contribution in [2.75, 3.05) is 0 Å². The summed E-state index contributed by atoms with van der Waals surface area (Å²) in [6, 6.07) is 0.125. The Hall–Kier alpha value is -0.570. The van der Waals surface area contributed by atoms with Crippen LogP contribution in [0.1, 0.15) is 41.0 Å². The first-order valence-electron chi connectivity index (χ1n) is 5.13. The summed E-state index contributed by atoms with van der Waals surface area (Å²) in [5, 5.41) is 0. The van der Waals surface area contributed by atoms with E-state index in [1.165, 1.54) is 0 Å². The third-order valence-corrected chi connectivity index (χ3v) is 3.03. The van der Waals surface area contributed by atoms with Crippen LogP contribution >= 0.6 is 0 Å². The number of esters is 1. The molecule has 1 fully saturated rings. The van der Waals surface area contributed by atoms with E-state index in [-0.39, 0.29) is 23.3 Å². The van der Waals surface area contributed by atoms with E-state index in [1.54, 1.807) is 0 Å². The molecule has 0 aromatic rings. The molecule has 0 aromatic carbocycles. The smallest absolute Gasteiger partial charge is 0.310 e. The second-order valence-electron chi connectivity index (χ2n) is 5.75. The van der Waals surface area contributed by atoms with Gasteiger partial charge in [0.05, 0.1) is 5.92 Å². The number of hydrogen-bond acceptors (Lipinski definition) is 3. The molecule has 3 nitrogen and oxygen atoms in total. The molecule has 1 saturated carbocycles. The molecule has 0 spiro atoms. The number of carbonyl (C=O) groups excluding carboxylic acids is 1. The van der Waals surface area contributed by atoms with Gasteiger partial charge in [0.1, 0.15) is 5.60 Å². The van der Waals surface area contributed by atoms with Gasteiger partial charge in [0.25, 0.3) is 0 Å². The van der Waals surface area contributed by atoms with Crippen LogP contribution in [0.15, 0.2) is 0 Å². The lowest BCUT2D eigenvalue weighted by molar-refractivity contribution is -0.172. The minimum atomic E-state index is -0.396. The molecule has 0 unspecified atom stereocenters. The summed E-state index contributed by atoms with van der Waals surface area (Å²) in [5.41, 5.74) is 5.34. The molecule has 3 heteroatoms. The fourth-order valence-corrected chi connectivity index (χ4v) is 1.73. The van der Waals surface area contributed by atoms with Gasteiger partial charge in [-0.15, -0.1) is 0 Å². The van der Waals surface area contributed by atoms with Gasteiger partial charge in [0.2, 0.25) is 0 Å². The van der Waals surface area contributed by atoms with E-state index in [9.17, 15) is 4.79 Å². The first kappa shape index (κ1) is 11.5. The zero-order valence-corrected chi connectivity index (χ0v) is 9.76. The number of hydrogen-bond donors (Lipinski definition) is 1. The fraction of sp³-hybridized carbons (Fsp3) is 0.909. The van der Waals surface area contributed by atoms with Crippen molar-refractivity contribution in [3.8, 4) is 0 Å². The minimum Gasteiger partial charge on any atom is -0.460 e. The second kappa shape index (κ2) is 3.23. The third-order valence-electron chi connectivity index (χ3n) is 3.03. The van der Waals surface area contributed by atoms with Gasteiger partial charge in [-0.1, -0.05) is 13.8 Å². The molecule has 0 radical (unpaired) electrons. The molecule has 82 valence electrons. The summed E-state index contributed by atoms with van der Waals surface area (Å²) >= 11 is 0. The van der Waals surface area contributed by atoms with Gasteiger partial charge in [-0.2, -0.15) is 0 Å². The van der Waals surface area contributed by atoms with Crippen LogP contribution in [-0.4, -0.2) is 17.6 Å². The lowest BCUT2D eigenvalue weighted by Crippen LogP contribution is -2.58. The van der Waals surface area contributed by atoms with Crippen molar-refractivity contribution >= 4 is 5.97 Å². The molecule has 0 aromatic heterocycles. The van der Waals surface area contributed by atoms with Gasteiger partial charge < -0.3 is 10.5 Å².